The first-order chi connectivity index (χ1) is 5.65. The van der Waals surface area contributed by atoms with Crippen LogP contribution in [0.4, 0.5) is 0 Å². The summed E-state index contributed by atoms with van der Waals surface area (Å²) in [4.78, 5) is 10.6. The Hall–Kier alpha value is -1.53. The standard InChI is InChI=1S/C8H4ClNO2/c9-8(12)6-3-5(4-10)1-2-7(6)11/h1-3,11H. The van der Waals surface area contributed by atoms with Gasteiger partial charge in [0.15, 0.2) is 0 Å². The SMILES string of the molecule is N#Cc1ccc(O)c(C(=O)Cl)c1. The number of nitriles is 1. The molecule has 0 aromatic heterocycles. The van der Waals surface area contributed by atoms with Gasteiger partial charge in [-0.3, -0.25) is 4.79 Å². The van der Waals surface area contributed by atoms with Crippen molar-refractivity contribution >= 4 is 16.8 Å². The molecule has 0 saturated carbocycles. The Labute approximate surface area is 73.8 Å². The zero-order valence-electron chi connectivity index (χ0n) is 5.91. The molecular formula is C8H4ClNO2. The van der Waals surface area contributed by atoms with Crippen molar-refractivity contribution < 1.29 is 9.90 Å². The van der Waals surface area contributed by atoms with E-state index in [4.69, 9.17) is 22.0 Å². The number of halogens is 1. The lowest BCUT2D eigenvalue weighted by Crippen LogP contribution is -1.90. The Morgan fingerprint density at radius 3 is 2.75 bits per heavy atom. The summed E-state index contributed by atoms with van der Waals surface area (Å²) in [5.74, 6) is -0.214. The average Bonchev–Trinajstić information content (AvgIpc) is 2.05. The van der Waals surface area contributed by atoms with E-state index in [1.54, 1.807) is 0 Å². The van der Waals surface area contributed by atoms with Crippen molar-refractivity contribution in [1.82, 2.24) is 0 Å². The molecule has 0 radical (unpaired) electrons. The molecule has 0 saturated heterocycles. The molecule has 0 amide bonds. The number of benzene rings is 1. The van der Waals surface area contributed by atoms with Crippen LogP contribution in [0.25, 0.3) is 0 Å². The van der Waals surface area contributed by atoms with Crippen LogP contribution in [0.5, 0.6) is 5.75 Å². The molecule has 0 aliphatic heterocycles. The number of phenolic OH excluding ortho intramolecular Hbond substituents is 1. The lowest BCUT2D eigenvalue weighted by atomic mass is 10.1. The highest BCUT2D eigenvalue weighted by Gasteiger charge is 2.08. The lowest BCUT2D eigenvalue weighted by Gasteiger charge is -1.97. The van der Waals surface area contributed by atoms with Crippen molar-refractivity contribution in [2.45, 2.75) is 0 Å². The topological polar surface area (TPSA) is 61.1 Å². The second-order valence-electron chi connectivity index (χ2n) is 2.12. The molecule has 1 aromatic carbocycles. The van der Waals surface area contributed by atoms with Crippen molar-refractivity contribution in [3.8, 4) is 11.8 Å². The number of nitrogens with zero attached hydrogens (tertiary/aromatic N) is 1. The molecular weight excluding hydrogens is 178 g/mol. The third kappa shape index (κ3) is 1.55. The van der Waals surface area contributed by atoms with Gasteiger partial charge in [0.25, 0.3) is 5.24 Å². The molecule has 0 bridgehead atoms. The van der Waals surface area contributed by atoms with Crippen LogP contribution in [0.15, 0.2) is 18.2 Å². The predicted octanol–water partition coefficient (Wildman–Crippen LogP) is 1.64. The molecule has 1 rings (SSSR count). The van der Waals surface area contributed by atoms with Crippen LogP contribution in [-0.2, 0) is 0 Å². The molecule has 1 N–H and O–H groups in total. The Morgan fingerprint density at radius 1 is 1.58 bits per heavy atom. The van der Waals surface area contributed by atoms with Crippen LogP contribution in [0.3, 0.4) is 0 Å². The third-order valence-corrected chi connectivity index (χ3v) is 1.54. The van der Waals surface area contributed by atoms with Gasteiger partial charge in [-0.1, -0.05) is 0 Å². The molecule has 0 atom stereocenters. The maximum Gasteiger partial charge on any atom is 0.256 e. The normalized spacial score (nSPS) is 9.00. The predicted molar refractivity (Wildman–Crippen MR) is 43.0 cm³/mol. The van der Waals surface area contributed by atoms with Crippen molar-refractivity contribution in [2.24, 2.45) is 0 Å². The molecule has 60 valence electrons. The van der Waals surface area contributed by atoms with Crippen molar-refractivity contribution in [2.75, 3.05) is 0 Å². The van der Waals surface area contributed by atoms with E-state index >= 15 is 0 Å². The number of hydrogen-bond donors (Lipinski definition) is 1. The van der Waals surface area contributed by atoms with Gasteiger partial charge in [-0.2, -0.15) is 5.26 Å². The number of hydrogen-bond acceptors (Lipinski definition) is 3. The first-order valence-electron chi connectivity index (χ1n) is 3.08. The van der Waals surface area contributed by atoms with E-state index in [1.807, 2.05) is 6.07 Å². The molecule has 0 fully saturated rings. The van der Waals surface area contributed by atoms with E-state index < -0.39 is 5.24 Å². The third-order valence-electron chi connectivity index (χ3n) is 1.34. The summed E-state index contributed by atoms with van der Waals surface area (Å²) in [6.45, 7) is 0. The minimum Gasteiger partial charge on any atom is -0.507 e. The van der Waals surface area contributed by atoms with Crippen molar-refractivity contribution in [3.05, 3.63) is 29.3 Å². The van der Waals surface area contributed by atoms with E-state index in [1.165, 1.54) is 18.2 Å². The van der Waals surface area contributed by atoms with Gasteiger partial charge in [-0.25, -0.2) is 0 Å². The molecule has 3 nitrogen and oxygen atoms in total. The first-order valence-corrected chi connectivity index (χ1v) is 3.46. The number of carbonyl (C=O) groups excluding carboxylic acids is 1. The zero-order valence-corrected chi connectivity index (χ0v) is 6.67. The lowest BCUT2D eigenvalue weighted by molar-refractivity contribution is 0.107. The quantitative estimate of drug-likeness (QED) is 0.670. The highest BCUT2D eigenvalue weighted by atomic mass is 35.5. The molecule has 0 heterocycles. The van der Waals surface area contributed by atoms with E-state index in [-0.39, 0.29) is 16.9 Å². The highest BCUT2D eigenvalue weighted by Crippen LogP contribution is 2.19. The van der Waals surface area contributed by atoms with Gasteiger partial charge < -0.3 is 5.11 Å². The minimum absolute atomic E-state index is 0.0456. The summed E-state index contributed by atoms with van der Waals surface area (Å²) >= 11 is 5.13. The van der Waals surface area contributed by atoms with Crippen LogP contribution in [-0.4, -0.2) is 10.3 Å². The second kappa shape index (κ2) is 3.24. The van der Waals surface area contributed by atoms with Gasteiger partial charge in [0.05, 0.1) is 17.2 Å². The van der Waals surface area contributed by atoms with Gasteiger partial charge in [0.1, 0.15) is 5.75 Å². The summed E-state index contributed by atoms with van der Waals surface area (Å²) < 4.78 is 0. The van der Waals surface area contributed by atoms with Crippen LogP contribution >= 0.6 is 11.6 Å². The number of aromatic hydroxyl groups is 1. The van der Waals surface area contributed by atoms with E-state index in [0.29, 0.717) is 0 Å². The fourth-order valence-corrected chi connectivity index (χ4v) is 0.914. The molecule has 0 unspecified atom stereocenters. The van der Waals surface area contributed by atoms with Gasteiger partial charge >= 0.3 is 0 Å². The second-order valence-corrected chi connectivity index (χ2v) is 2.46. The van der Waals surface area contributed by atoms with Crippen LogP contribution in [0.1, 0.15) is 15.9 Å². The Kier molecular flexibility index (Phi) is 2.32. The van der Waals surface area contributed by atoms with E-state index in [2.05, 4.69) is 0 Å². The van der Waals surface area contributed by atoms with Gasteiger partial charge in [-0.05, 0) is 29.8 Å². The minimum atomic E-state index is -0.774. The zero-order chi connectivity index (χ0) is 9.14. The smallest absolute Gasteiger partial charge is 0.256 e. The molecule has 0 spiro atoms. The van der Waals surface area contributed by atoms with Crippen LogP contribution in [0.2, 0.25) is 0 Å². The largest absolute Gasteiger partial charge is 0.507 e. The van der Waals surface area contributed by atoms with E-state index in [0.717, 1.165) is 0 Å². The molecule has 0 aliphatic rings. The van der Waals surface area contributed by atoms with Crippen LogP contribution in [0, 0.1) is 11.3 Å². The number of carbonyl (C=O) groups is 1. The summed E-state index contributed by atoms with van der Waals surface area (Å²) in [6, 6.07) is 5.73. The summed E-state index contributed by atoms with van der Waals surface area (Å²) in [5.41, 5.74) is 0.243. The van der Waals surface area contributed by atoms with Crippen molar-refractivity contribution in [1.29, 1.82) is 5.26 Å². The summed E-state index contributed by atoms with van der Waals surface area (Å²) in [7, 11) is 0. The summed E-state index contributed by atoms with van der Waals surface area (Å²) in [5, 5.41) is 16.8. The van der Waals surface area contributed by atoms with Gasteiger partial charge in [0, 0.05) is 0 Å². The summed E-state index contributed by atoms with van der Waals surface area (Å²) in [6.07, 6.45) is 0. The maximum atomic E-state index is 10.6. The highest BCUT2D eigenvalue weighted by molar-refractivity contribution is 6.68. The fourth-order valence-electron chi connectivity index (χ4n) is 0.763. The molecule has 1 aromatic rings. The van der Waals surface area contributed by atoms with Gasteiger partial charge in [-0.15, -0.1) is 0 Å². The van der Waals surface area contributed by atoms with Gasteiger partial charge in [0.2, 0.25) is 0 Å². The Balaban J connectivity index is 3.28. The van der Waals surface area contributed by atoms with Crippen molar-refractivity contribution in [3.63, 3.8) is 0 Å². The van der Waals surface area contributed by atoms with Crippen LogP contribution < -0.4 is 0 Å². The molecule has 4 heteroatoms. The monoisotopic (exact) mass is 181 g/mol. The molecule has 12 heavy (non-hydrogen) atoms. The Bertz CT molecular complexity index is 368. The fraction of sp³-hybridized carbons (Fsp3) is 0. The Morgan fingerprint density at radius 2 is 2.25 bits per heavy atom. The van der Waals surface area contributed by atoms with E-state index in [9.17, 15) is 4.79 Å². The maximum absolute atomic E-state index is 10.6. The average molecular weight is 182 g/mol. The number of phenols is 1. The first kappa shape index (κ1) is 8.57. The molecule has 0 aliphatic carbocycles. The number of rotatable bonds is 1.